The lowest BCUT2D eigenvalue weighted by atomic mass is 10.2. The molecule has 0 aliphatic carbocycles. The molecule has 0 saturated heterocycles. The maximum absolute atomic E-state index is 9.05. The summed E-state index contributed by atoms with van der Waals surface area (Å²) in [5.41, 5.74) is 1.13. The molecule has 5 nitrogen and oxygen atoms in total. The Hall–Kier alpha value is -2.04. The second-order valence-electron chi connectivity index (χ2n) is 4.87. The second-order valence-corrected chi connectivity index (χ2v) is 6.96. The van der Waals surface area contributed by atoms with Gasteiger partial charge in [0, 0.05) is 0 Å². The number of thioether (sulfide) groups is 1. The average Bonchev–Trinajstić information content (AvgIpc) is 3.15. The Labute approximate surface area is 146 Å². The first-order chi connectivity index (χ1) is 11.2. The fourth-order valence-electron chi connectivity index (χ4n) is 2.09. The van der Waals surface area contributed by atoms with Gasteiger partial charge in [0.2, 0.25) is 5.82 Å². The molecule has 116 valence electrons. The monoisotopic (exact) mass is 388 g/mol. The van der Waals surface area contributed by atoms with Crippen LogP contribution in [0.4, 0.5) is 0 Å². The Bertz CT molecular complexity index is 837. The van der Waals surface area contributed by atoms with Crippen molar-refractivity contribution in [1.29, 1.82) is 5.26 Å². The van der Waals surface area contributed by atoms with Crippen LogP contribution in [0, 0.1) is 11.3 Å². The van der Waals surface area contributed by atoms with Gasteiger partial charge in [0.15, 0.2) is 15.6 Å². The van der Waals surface area contributed by atoms with E-state index in [0.29, 0.717) is 28.0 Å². The number of furan rings is 1. The molecular formula is C16H13BrN4OS. The molecule has 0 saturated carbocycles. The van der Waals surface area contributed by atoms with Crippen molar-refractivity contribution in [3.63, 3.8) is 0 Å². The van der Waals surface area contributed by atoms with E-state index >= 15 is 0 Å². The van der Waals surface area contributed by atoms with Gasteiger partial charge in [-0.1, -0.05) is 42.1 Å². The Balaban J connectivity index is 2.01. The fraction of sp³-hybridized carbons (Fsp3) is 0.188. The summed E-state index contributed by atoms with van der Waals surface area (Å²) < 4.78 is 8.22. The highest BCUT2D eigenvalue weighted by molar-refractivity contribution is 9.10. The zero-order chi connectivity index (χ0) is 16.2. The van der Waals surface area contributed by atoms with Crippen LogP contribution in [-0.4, -0.2) is 20.0 Å². The number of benzene rings is 1. The quantitative estimate of drug-likeness (QED) is 0.607. The number of nitriles is 1. The summed E-state index contributed by atoms with van der Waals surface area (Å²) in [5, 5.41) is 18.0. The largest absolute Gasteiger partial charge is 0.446 e. The van der Waals surface area contributed by atoms with Gasteiger partial charge in [-0.2, -0.15) is 5.26 Å². The number of hydrogen-bond acceptors (Lipinski definition) is 5. The van der Waals surface area contributed by atoms with Crippen molar-refractivity contribution in [1.82, 2.24) is 14.8 Å². The third-order valence-corrected chi connectivity index (χ3v) is 4.56. The van der Waals surface area contributed by atoms with E-state index in [9.17, 15) is 0 Å². The van der Waals surface area contributed by atoms with E-state index < -0.39 is 0 Å². The molecule has 0 bridgehead atoms. The first-order valence-corrected chi connectivity index (χ1v) is 8.63. The van der Waals surface area contributed by atoms with Crippen LogP contribution in [0.5, 0.6) is 0 Å². The molecule has 0 aliphatic heterocycles. The van der Waals surface area contributed by atoms with Crippen molar-refractivity contribution in [2.75, 3.05) is 0 Å². The summed E-state index contributed by atoms with van der Waals surface area (Å²) >= 11 is 4.69. The van der Waals surface area contributed by atoms with Crippen LogP contribution in [0.15, 0.2) is 56.7 Å². The van der Waals surface area contributed by atoms with Gasteiger partial charge in [-0.25, -0.2) is 0 Å². The van der Waals surface area contributed by atoms with Gasteiger partial charge >= 0.3 is 0 Å². The topological polar surface area (TPSA) is 67.6 Å². The van der Waals surface area contributed by atoms with Gasteiger partial charge in [0.05, 0.1) is 17.9 Å². The van der Waals surface area contributed by atoms with E-state index in [-0.39, 0.29) is 5.25 Å². The summed E-state index contributed by atoms with van der Waals surface area (Å²) in [5.74, 6) is 1.28. The number of nitrogens with zero attached hydrogens (tertiary/aromatic N) is 4. The summed E-state index contributed by atoms with van der Waals surface area (Å²) in [6.45, 7) is 2.46. The molecule has 1 atom stereocenters. The van der Waals surface area contributed by atoms with E-state index in [0.717, 1.165) is 5.56 Å². The van der Waals surface area contributed by atoms with Gasteiger partial charge in [-0.15, -0.1) is 10.2 Å². The van der Waals surface area contributed by atoms with Crippen molar-refractivity contribution < 1.29 is 4.42 Å². The predicted octanol–water partition coefficient (Wildman–Crippen LogP) is 4.35. The lowest BCUT2D eigenvalue weighted by Gasteiger charge is -2.09. The molecule has 0 spiro atoms. The Morgan fingerprint density at radius 1 is 1.26 bits per heavy atom. The Morgan fingerprint density at radius 3 is 2.70 bits per heavy atom. The van der Waals surface area contributed by atoms with Gasteiger partial charge in [0.25, 0.3) is 0 Å². The van der Waals surface area contributed by atoms with E-state index in [4.69, 9.17) is 9.68 Å². The molecule has 3 rings (SSSR count). The fourth-order valence-corrected chi connectivity index (χ4v) is 3.13. The van der Waals surface area contributed by atoms with Crippen molar-refractivity contribution in [3.8, 4) is 17.7 Å². The van der Waals surface area contributed by atoms with Crippen LogP contribution in [0.1, 0.15) is 12.5 Å². The summed E-state index contributed by atoms with van der Waals surface area (Å²) in [4.78, 5) is 0. The zero-order valence-corrected chi connectivity index (χ0v) is 14.7. The molecule has 0 radical (unpaired) electrons. The molecule has 0 unspecified atom stereocenters. The molecule has 23 heavy (non-hydrogen) atoms. The number of rotatable bonds is 5. The molecule has 2 heterocycles. The molecular weight excluding hydrogens is 376 g/mol. The third kappa shape index (κ3) is 3.66. The SMILES string of the molecule is C[C@H](C#N)Sc1nnc(-c2ccc(Br)o2)n1Cc1ccccc1. The highest BCUT2D eigenvalue weighted by Gasteiger charge is 2.19. The van der Waals surface area contributed by atoms with Gasteiger partial charge in [0.1, 0.15) is 0 Å². The Kier molecular flexibility index (Phi) is 4.84. The molecule has 0 N–H and O–H groups in total. The van der Waals surface area contributed by atoms with Gasteiger partial charge in [-0.3, -0.25) is 4.57 Å². The summed E-state index contributed by atoms with van der Waals surface area (Å²) in [6.07, 6.45) is 0. The average molecular weight is 389 g/mol. The number of aromatic nitrogens is 3. The van der Waals surface area contributed by atoms with E-state index in [2.05, 4.69) is 32.2 Å². The first kappa shape index (κ1) is 15.8. The van der Waals surface area contributed by atoms with Crippen LogP contribution in [0.3, 0.4) is 0 Å². The van der Waals surface area contributed by atoms with Crippen molar-refractivity contribution in [3.05, 3.63) is 52.7 Å². The number of halogens is 1. The van der Waals surface area contributed by atoms with Crippen LogP contribution < -0.4 is 0 Å². The van der Waals surface area contributed by atoms with E-state index in [1.54, 1.807) is 0 Å². The van der Waals surface area contributed by atoms with Crippen LogP contribution in [0.25, 0.3) is 11.6 Å². The van der Waals surface area contributed by atoms with Crippen LogP contribution >= 0.6 is 27.7 Å². The molecule has 2 aromatic heterocycles. The first-order valence-electron chi connectivity index (χ1n) is 6.96. The standard InChI is InChI=1S/C16H13BrN4OS/c1-11(9-18)23-16-20-19-15(13-7-8-14(17)22-13)21(16)10-12-5-3-2-4-6-12/h2-8,11H,10H2,1H3/t11-/m1/s1. The lowest BCUT2D eigenvalue weighted by Crippen LogP contribution is -2.05. The minimum atomic E-state index is -0.204. The molecule has 7 heteroatoms. The van der Waals surface area contributed by atoms with E-state index in [1.807, 2.05) is 54.0 Å². The minimum absolute atomic E-state index is 0.204. The predicted molar refractivity (Wildman–Crippen MR) is 91.9 cm³/mol. The van der Waals surface area contributed by atoms with E-state index in [1.165, 1.54) is 11.8 Å². The zero-order valence-electron chi connectivity index (χ0n) is 12.3. The van der Waals surface area contributed by atoms with Crippen LogP contribution in [0.2, 0.25) is 0 Å². The minimum Gasteiger partial charge on any atom is -0.446 e. The van der Waals surface area contributed by atoms with Gasteiger partial charge < -0.3 is 4.42 Å². The number of hydrogen-bond donors (Lipinski definition) is 0. The molecule has 0 aliphatic rings. The van der Waals surface area contributed by atoms with Gasteiger partial charge in [-0.05, 0) is 40.5 Å². The molecule has 0 amide bonds. The smallest absolute Gasteiger partial charge is 0.200 e. The third-order valence-electron chi connectivity index (χ3n) is 3.16. The Morgan fingerprint density at radius 2 is 2.04 bits per heavy atom. The lowest BCUT2D eigenvalue weighted by molar-refractivity contribution is 0.545. The normalized spacial score (nSPS) is 12.0. The molecule has 1 aromatic carbocycles. The highest BCUT2D eigenvalue weighted by atomic mass is 79.9. The summed E-state index contributed by atoms with van der Waals surface area (Å²) in [7, 11) is 0. The summed E-state index contributed by atoms with van der Waals surface area (Å²) in [6, 6.07) is 15.9. The molecule has 0 fully saturated rings. The van der Waals surface area contributed by atoms with Crippen molar-refractivity contribution >= 4 is 27.7 Å². The maximum atomic E-state index is 9.05. The van der Waals surface area contributed by atoms with Crippen molar-refractivity contribution in [2.24, 2.45) is 0 Å². The second kappa shape index (κ2) is 7.02. The van der Waals surface area contributed by atoms with Crippen molar-refractivity contribution in [2.45, 2.75) is 23.9 Å². The molecule has 3 aromatic rings. The highest BCUT2D eigenvalue weighted by Crippen LogP contribution is 2.29. The maximum Gasteiger partial charge on any atom is 0.200 e. The van der Waals surface area contributed by atoms with Crippen LogP contribution in [-0.2, 0) is 6.54 Å².